The van der Waals surface area contributed by atoms with E-state index in [4.69, 9.17) is 0 Å². The van der Waals surface area contributed by atoms with Crippen LogP contribution in [0.1, 0.15) is 28.9 Å². The number of hydrogen-bond donors (Lipinski definition) is 1. The zero-order valence-corrected chi connectivity index (χ0v) is 13.2. The number of carbonyl (C=O) groups excluding carboxylic acids is 1. The standard InChI is InChI=1S/C16H19F2N5O/c17-13-4-3-5-14(18)12(13)10-23-11-15(20-21-23)16(24)19-6-9-22-7-1-2-8-22/h3-5,11H,1-2,6-10H2,(H,19,24). The summed E-state index contributed by atoms with van der Waals surface area (Å²) in [5.41, 5.74) is 0.0246. The average molecular weight is 335 g/mol. The van der Waals surface area contributed by atoms with E-state index in [2.05, 4.69) is 20.5 Å². The minimum Gasteiger partial charge on any atom is -0.349 e. The number of carbonyl (C=O) groups is 1. The summed E-state index contributed by atoms with van der Waals surface area (Å²) in [7, 11) is 0. The molecule has 1 aromatic heterocycles. The van der Waals surface area contributed by atoms with Crippen LogP contribution in [0, 0.1) is 11.6 Å². The molecule has 1 N–H and O–H groups in total. The lowest BCUT2D eigenvalue weighted by Crippen LogP contribution is -2.33. The molecule has 1 saturated heterocycles. The molecule has 0 spiro atoms. The van der Waals surface area contributed by atoms with E-state index >= 15 is 0 Å². The van der Waals surface area contributed by atoms with Gasteiger partial charge in [0.1, 0.15) is 11.6 Å². The normalized spacial score (nSPS) is 14.9. The topological polar surface area (TPSA) is 63.1 Å². The van der Waals surface area contributed by atoms with Gasteiger partial charge in [-0.2, -0.15) is 0 Å². The number of hydrogen-bond acceptors (Lipinski definition) is 4. The van der Waals surface area contributed by atoms with Crippen LogP contribution in [0.4, 0.5) is 8.78 Å². The molecule has 2 heterocycles. The maximum Gasteiger partial charge on any atom is 0.273 e. The van der Waals surface area contributed by atoms with Crippen molar-refractivity contribution in [3.8, 4) is 0 Å². The van der Waals surface area contributed by atoms with Gasteiger partial charge in [0.05, 0.1) is 12.7 Å². The molecule has 1 aliphatic rings. The third kappa shape index (κ3) is 3.94. The maximum atomic E-state index is 13.6. The molecule has 0 aliphatic carbocycles. The Labute approximate surface area is 138 Å². The highest BCUT2D eigenvalue weighted by molar-refractivity contribution is 5.91. The van der Waals surface area contributed by atoms with Gasteiger partial charge in [0, 0.05) is 18.7 Å². The molecule has 1 fully saturated rings. The van der Waals surface area contributed by atoms with Gasteiger partial charge < -0.3 is 10.2 Å². The molecule has 0 radical (unpaired) electrons. The van der Waals surface area contributed by atoms with Crippen molar-refractivity contribution < 1.29 is 13.6 Å². The van der Waals surface area contributed by atoms with Crippen molar-refractivity contribution in [3.63, 3.8) is 0 Å². The maximum absolute atomic E-state index is 13.6. The number of rotatable bonds is 6. The highest BCUT2D eigenvalue weighted by Crippen LogP contribution is 2.13. The van der Waals surface area contributed by atoms with Crippen LogP contribution in [0.5, 0.6) is 0 Å². The van der Waals surface area contributed by atoms with Gasteiger partial charge in [0.15, 0.2) is 5.69 Å². The summed E-state index contributed by atoms with van der Waals surface area (Å²) in [6, 6.07) is 3.66. The number of nitrogens with zero attached hydrogens (tertiary/aromatic N) is 4. The fourth-order valence-electron chi connectivity index (χ4n) is 2.75. The van der Waals surface area contributed by atoms with Gasteiger partial charge in [-0.15, -0.1) is 5.10 Å². The van der Waals surface area contributed by atoms with Gasteiger partial charge in [-0.1, -0.05) is 11.3 Å². The second-order valence-corrected chi connectivity index (χ2v) is 5.81. The van der Waals surface area contributed by atoms with E-state index in [0.717, 1.165) is 19.6 Å². The minimum atomic E-state index is -0.651. The van der Waals surface area contributed by atoms with E-state index in [9.17, 15) is 13.6 Å². The van der Waals surface area contributed by atoms with Crippen molar-refractivity contribution in [2.75, 3.05) is 26.2 Å². The lowest BCUT2D eigenvalue weighted by Gasteiger charge is -2.14. The van der Waals surface area contributed by atoms with Crippen molar-refractivity contribution in [3.05, 3.63) is 47.3 Å². The molecule has 1 aromatic carbocycles. The van der Waals surface area contributed by atoms with Crippen molar-refractivity contribution in [1.82, 2.24) is 25.2 Å². The smallest absolute Gasteiger partial charge is 0.273 e. The molecule has 6 nitrogen and oxygen atoms in total. The molecule has 24 heavy (non-hydrogen) atoms. The van der Waals surface area contributed by atoms with Gasteiger partial charge in [-0.25, -0.2) is 13.5 Å². The van der Waals surface area contributed by atoms with Crippen LogP contribution in [0.3, 0.4) is 0 Å². The Kier molecular flexibility index (Phi) is 5.14. The van der Waals surface area contributed by atoms with E-state index in [1.54, 1.807) is 0 Å². The Balaban J connectivity index is 1.55. The van der Waals surface area contributed by atoms with E-state index in [0.29, 0.717) is 6.54 Å². The molecule has 0 atom stereocenters. The first-order valence-corrected chi connectivity index (χ1v) is 7.97. The van der Waals surface area contributed by atoms with Gasteiger partial charge in [-0.3, -0.25) is 4.79 Å². The fraction of sp³-hybridized carbons (Fsp3) is 0.438. The number of benzene rings is 1. The lowest BCUT2D eigenvalue weighted by atomic mass is 10.2. The van der Waals surface area contributed by atoms with Crippen LogP contribution >= 0.6 is 0 Å². The quantitative estimate of drug-likeness (QED) is 0.867. The summed E-state index contributed by atoms with van der Waals surface area (Å²) in [5.74, 6) is -1.64. The Morgan fingerprint density at radius 3 is 2.62 bits per heavy atom. The van der Waals surface area contributed by atoms with Crippen LogP contribution in [0.15, 0.2) is 24.4 Å². The van der Waals surface area contributed by atoms with Gasteiger partial charge in [0.2, 0.25) is 0 Å². The highest BCUT2D eigenvalue weighted by atomic mass is 19.1. The molecule has 0 unspecified atom stereocenters. The Bertz CT molecular complexity index is 692. The third-order valence-electron chi connectivity index (χ3n) is 4.07. The Morgan fingerprint density at radius 1 is 1.21 bits per heavy atom. The molecule has 1 aliphatic heterocycles. The number of halogens is 2. The molecule has 0 bridgehead atoms. The third-order valence-corrected chi connectivity index (χ3v) is 4.07. The first-order chi connectivity index (χ1) is 11.6. The predicted molar refractivity (Wildman–Crippen MR) is 83.5 cm³/mol. The van der Waals surface area contributed by atoms with Gasteiger partial charge >= 0.3 is 0 Å². The summed E-state index contributed by atoms with van der Waals surface area (Å²) >= 11 is 0. The SMILES string of the molecule is O=C(NCCN1CCCC1)c1cn(Cc2c(F)cccc2F)nn1. The summed E-state index contributed by atoms with van der Waals surface area (Å²) < 4.78 is 28.5. The molecular weight excluding hydrogens is 316 g/mol. The van der Waals surface area contributed by atoms with E-state index < -0.39 is 11.6 Å². The first kappa shape index (κ1) is 16.5. The largest absolute Gasteiger partial charge is 0.349 e. The molecule has 2 aromatic rings. The number of likely N-dealkylation sites (tertiary alicyclic amines) is 1. The van der Waals surface area contributed by atoms with Crippen molar-refractivity contribution >= 4 is 5.91 Å². The van der Waals surface area contributed by atoms with Crippen LogP contribution in [-0.4, -0.2) is 52.0 Å². The second kappa shape index (κ2) is 7.48. The van der Waals surface area contributed by atoms with Crippen molar-refractivity contribution in [2.24, 2.45) is 0 Å². The summed E-state index contributed by atoms with van der Waals surface area (Å²) in [5, 5.41) is 10.3. The minimum absolute atomic E-state index is 0.108. The highest BCUT2D eigenvalue weighted by Gasteiger charge is 2.15. The van der Waals surface area contributed by atoms with Crippen molar-refractivity contribution in [1.29, 1.82) is 0 Å². The molecule has 0 saturated carbocycles. The van der Waals surface area contributed by atoms with Crippen LogP contribution in [-0.2, 0) is 6.54 Å². The monoisotopic (exact) mass is 335 g/mol. The average Bonchev–Trinajstić information content (AvgIpc) is 3.23. The van der Waals surface area contributed by atoms with Crippen LogP contribution < -0.4 is 5.32 Å². The van der Waals surface area contributed by atoms with E-state index in [-0.39, 0.29) is 23.7 Å². The lowest BCUT2D eigenvalue weighted by molar-refractivity contribution is 0.0944. The Morgan fingerprint density at radius 2 is 1.92 bits per heavy atom. The van der Waals surface area contributed by atoms with E-state index in [1.165, 1.54) is 41.9 Å². The second-order valence-electron chi connectivity index (χ2n) is 5.81. The van der Waals surface area contributed by atoms with E-state index in [1.807, 2.05) is 0 Å². The van der Waals surface area contributed by atoms with Crippen molar-refractivity contribution in [2.45, 2.75) is 19.4 Å². The van der Waals surface area contributed by atoms with Gasteiger partial charge in [-0.05, 0) is 38.1 Å². The first-order valence-electron chi connectivity index (χ1n) is 7.97. The zero-order valence-electron chi connectivity index (χ0n) is 13.2. The molecule has 1 amide bonds. The van der Waals surface area contributed by atoms with Crippen LogP contribution in [0.2, 0.25) is 0 Å². The predicted octanol–water partition coefficient (Wildman–Crippen LogP) is 1.43. The van der Waals surface area contributed by atoms with Gasteiger partial charge in [0.25, 0.3) is 5.91 Å². The number of nitrogens with one attached hydrogen (secondary N) is 1. The molecular formula is C16H19F2N5O. The summed E-state index contributed by atoms with van der Waals surface area (Å²) in [4.78, 5) is 14.3. The summed E-state index contributed by atoms with van der Waals surface area (Å²) in [6.07, 6.45) is 3.79. The zero-order chi connectivity index (χ0) is 16.9. The molecule has 3 rings (SSSR count). The summed E-state index contributed by atoms with van der Waals surface area (Å²) in [6.45, 7) is 3.36. The Hall–Kier alpha value is -2.35. The molecule has 8 heteroatoms. The van der Waals surface area contributed by atoms with Crippen LogP contribution in [0.25, 0.3) is 0 Å². The number of amides is 1. The number of aromatic nitrogens is 3. The molecule has 128 valence electrons. The fourth-order valence-corrected chi connectivity index (χ4v) is 2.75.